The lowest BCUT2D eigenvalue weighted by Crippen LogP contribution is -2.17. The topological polar surface area (TPSA) is 101 Å². The van der Waals surface area contributed by atoms with Crippen LogP contribution in [0.2, 0.25) is 0 Å². The summed E-state index contributed by atoms with van der Waals surface area (Å²) in [5.74, 6) is -0.186. The minimum Gasteiger partial charge on any atom is -0.508 e. The highest BCUT2D eigenvalue weighted by Crippen LogP contribution is 2.24. The number of rotatable bonds is 3. The van der Waals surface area contributed by atoms with Gasteiger partial charge in [-0.2, -0.15) is 5.10 Å². The molecule has 0 fully saturated rings. The molecule has 0 saturated heterocycles. The lowest BCUT2D eigenvalue weighted by atomic mass is 10.2. The fraction of sp³-hybridized carbons (Fsp3) is 0. The number of anilines is 1. The lowest BCUT2D eigenvalue weighted by molar-refractivity contribution is 0.0955. The minimum absolute atomic E-state index is 0.142. The molecule has 0 unspecified atom stereocenters. The number of nitrogen functional groups attached to an aromatic ring is 1. The van der Waals surface area contributed by atoms with Crippen LogP contribution < -0.4 is 11.2 Å². The van der Waals surface area contributed by atoms with E-state index in [0.717, 1.165) is 10.2 Å². The van der Waals surface area contributed by atoms with E-state index in [1.54, 1.807) is 42.5 Å². The number of carbonyl (C=O) groups excluding carboxylic acids is 1. The fourth-order valence-electron chi connectivity index (χ4n) is 1.92. The van der Waals surface area contributed by atoms with Crippen molar-refractivity contribution in [1.82, 2.24) is 10.4 Å². The maximum Gasteiger partial charge on any atom is 0.271 e. The summed E-state index contributed by atoms with van der Waals surface area (Å²) in [5.41, 5.74) is 10.0. The molecule has 1 amide bonds. The Kier molecular flexibility index (Phi) is 3.71. The average Bonchev–Trinajstić information content (AvgIpc) is 2.86. The van der Waals surface area contributed by atoms with E-state index in [1.807, 2.05) is 0 Å². The molecule has 1 heterocycles. The smallest absolute Gasteiger partial charge is 0.271 e. The molecule has 22 heavy (non-hydrogen) atoms. The van der Waals surface area contributed by atoms with Crippen molar-refractivity contribution >= 4 is 38.8 Å². The van der Waals surface area contributed by atoms with Crippen LogP contribution in [0, 0.1) is 0 Å². The van der Waals surface area contributed by atoms with Gasteiger partial charge in [0.15, 0.2) is 5.13 Å². The number of phenolic OH excluding ortho intramolecular Hbond substituents is 1. The quantitative estimate of drug-likeness (QED) is 0.510. The van der Waals surface area contributed by atoms with Crippen LogP contribution in [0.4, 0.5) is 5.13 Å². The summed E-state index contributed by atoms with van der Waals surface area (Å²) in [7, 11) is 0. The third kappa shape index (κ3) is 3.04. The van der Waals surface area contributed by atoms with Gasteiger partial charge in [0.1, 0.15) is 5.75 Å². The zero-order valence-corrected chi connectivity index (χ0v) is 12.2. The first-order chi connectivity index (χ1) is 10.6. The van der Waals surface area contributed by atoms with E-state index in [9.17, 15) is 9.90 Å². The van der Waals surface area contributed by atoms with Crippen LogP contribution in [0.1, 0.15) is 15.9 Å². The second-order valence-electron chi connectivity index (χ2n) is 4.53. The number of hydrogen-bond acceptors (Lipinski definition) is 6. The van der Waals surface area contributed by atoms with E-state index >= 15 is 0 Å². The zero-order chi connectivity index (χ0) is 15.5. The fourth-order valence-corrected chi connectivity index (χ4v) is 2.69. The summed E-state index contributed by atoms with van der Waals surface area (Å²) in [6.45, 7) is 0. The number of aromatic nitrogens is 1. The Labute approximate surface area is 129 Å². The molecule has 0 spiro atoms. The molecule has 0 aliphatic rings. The molecular formula is C15H12N4O2S. The number of hydrogen-bond donors (Lipinski definition) is 3. The maximum atomic E-state index is 12.0. The van der Waals surface area contributed by atoms with Crippen LogP contribution in [-0.4, -0.2) is 22.2 Å². The lowest BCUT2D eigenvalue weighted by Gasteiger charge is -2.00. The zero-order valence-electron chi connectivity index (χ0n) is 11.4. The van der Waals surface area contributed by atoms with Gasteiger partial charge in [0.05, 0.1) is 16.4 Å². The molecule has 0 saturated carbocycles. The van der Waals surface area contributed by atoms with Gasteiger partial charge in [-0.05, 0) is 35.9 Å². The first-order valence-electron chi connectivity index (χ1n) is 6.40. The number of amides is 1. The van der Waals surface area contributed by atoms with Crippen LogP contribution >= 0.6 is 11.3 Å². The normalized spacial score (nSPS) is 11.1. The molecule has 7 heteroatoms. The highest BCUT2D eigenvalue weighted by atomic mass is 32.1. The van der Waals surface area contributed by atoms with Gasteiger partial charge in [-0.1, -0.05) is 23.5 Å². The van der Waals surface area contributed by atoms with Crippen molar-refractivity contribution in [2.24, 2.45) is 5.10 Å². The Morgan fingerprint density at radius 3 is 3.00 bits per heavy atom. The highest BCUT2D eigenvalue weighted by Gasteiger charge is 2.07. The number of phenols is 1. The number of hydrazone groups is 1. The second-order valence-corrected chi connectivity index (χ2v) is 5.59. The van der Waals surface area contributed by atoms with E-state index in [2.05, 4.69) is 15.5 Å². The summed E-state index contributed by atoms with van der Waals surface area (Å²) in [6.07, 6.45) is 1.46. The van der Waals surface area contributed by atoms with Gasteiger partial charge in [0.25, 0.3) is 5.91 Å². The SMILES string of the molecule is Nc1nc2ccc(C(=O)N/N=C\c3cccc(O)c3)cc2s1. The van der Waals surface area contributed by atoms with Crippen molar-refractivity contribution in [2.75, 3.05) is 5.73 Å². The van der Waals surface area contributed by atoms with Gasteiger partial charge in [-0.3, -0.25) is 4.79 Å². The molecule has 3 rings (SSSR count). The maximum absolute atomic E-state index is 12.0. The number of nitrogens with zero attached hydrogens (tertiary/aromatic N) is 2. The molecule has 0 bridgehead atoms. The predicted molar refractivity (Wildman–Crippen MR) is 87.2 cm³/mol. The third-order valence-electron chi connectivity index (χ3n) is 2.92. The van der Waals surface area contributed by atoms with Gasteiger partial charge >= 0.3 is 0 Å². The Balaban J connectivity index is 1.72. The molecule has 0 radical (unpaired) electrons. The average molecular weight is 312 g/mol. The summed E-state index contributed by atoms with van der Waals surface area (Å²) in [6, 6.07) is 11.7. The Morgan fingerprint density at radius 1 is 1.32 bits per heavy atom. The van der Waals surface area contributed by atoms with E-state index in [0.29, 0.717) is 16.3 Å². The Morgan fingerprint density at radius 2 is 2.18 bits per heavy atom. The molecule has 0 aliphatic carbocycles. The van der Waals surface area contributed by atoms with Crippen LogP contribution in [0.25, 0.3) is 10.2 Å². The van der Waals surface area contributed by atoms with Gasteiger partial charge in [-0.25, -0.2) is 10.4 Å². The summed E-state index contributed by atoms with van der Waals surface area (Å²) < 4.78 is 0.849. The van der Waals surface area contributed by atoms with Gasteiger partial charge in [0.2, 0.25) is 0 Å². The minimum atomic E-state index is -0.328. The third-order valence-corrected chi connectivity index (χ3v) is 3.76. The first-order valence-corrected chi connectivity index (χ1v) is 7.22. The molecule has 4 N–H and O–H groups in total. The van der Waals surface area contributed by atoms with E-state index in [-0.39, 0.29) is 11.7 Å². The molecule has 6 nitrogen and oxygen atoms in total. The monoisotopic (exact) mass is 312 g/mol. The summed E-state index contributed by atoms with van der Waals surface area (Å²) in [5, 5.41) is 13.7. The summed E-state index contributed by atoms with van der Waals surface area (Å²) >= 11 is 1.33. The van der Waals surface area contributed by atoms with Crippen LogP contribution in [-0.2, 0) is 0 Å². The van der Waals surface area contributed by atoms with Crippen LogP contribution in [0.15, 0.2) is 47.6 Å². The van der Waals surface area contributed by atoms with Crippen molar-refractivity contribution < 1.29 is 9.90 Å². The second kappa shape index (κ2) is 5.82. The molecule has 2 aromatic carbocycles. The number of benzene rings is 2. The number of carbonyl (C=O) groups is 1. The number of fused-ring (bicyclic) bond motifs is 1. The molecule has 1 aromatic heterocycles. The van der Waals surface area contributed by atoms with Crippen molar-refractivity contribution in [3.63, 3.8) is 0 Å². The predicted octanol–water partition coefficient (Wildman–Crippen LogP) is 2.35. The summed E-state index contributed by atoms with van der Waals surface area (Å²) in [4.78, 5) is 16.2. The number of nitrogens with one attached hydrogen (secondary N) is 1. The Hall–Kier alpha value is -2.93. The van der Waals surface area contributed by atoms with Gasteiger partial charge in [-0.15, -0.1) is 0 Å². The van der Waals surface area contributed by atoms with Crippen molar-refractivity contribution in [3.05, 3.63) is 53.6 Å². The molecule has 3 aromatic rings. The van der Waals surface area contributed by atoms with E-state index < -0.39 is 0 Å². The number of aromatic hydroxyl groups is 1. The first kappa shape index (κ1) is 14.0. The van der Waals surface area contributed by atoms with Crippen LogP contribution in [0.5, 0.6) is 5.75 Å². The molecule has 0 atom stereocenters. The standard InChI is InChI=1S/C15H12N4O2S/c16-15-18-12-5-4-10(7-13(12)22-15)14(21)19-17-8-9-2-1-3-11(20)6-9/h1-8,20H,(H2,16,18)(H,19,21)/b17-8-. The van der Waals surface area contributed by atoms with Crippen molar-refractivity contribution in [3.8, 4) is 5.75 Å². The van der Waals surface area contributed by atoms with Gasteiger partial charge in [0, 0.05) is 5.56 Å². The van der Waals surface area contributed by atoms with E-state index in [1.165, 1.54) is 17.6 Å². The van der Waals surface area contributed by atoms with E-state index in [4.69, 9.17) is 5.73 Å². The van der Waals surface area contributed by atoms with Gasteiger partial charge < -0.3 is 10.8 Å². The number of thiazole rings is 1. The number of nitrogens with two attached hydrogens (primary N) is 1. The molecule has 110 valence electrons. The Bertz CT molecular complexity index is 873. The highest BCUT2D eigenvalue weighted by molar-refractivity contribution is 7.22. The molecular weight excluding hydrogens is 300 g/mol. The molecule has 0 aliphatic heterocycles. The largest absolute Gasteiger partial charge is 0.508 e. The van der Waals surface area contributed by atoms with Crippen LogP contribution in [0.3, 0.4) is 0 Å². The van der Waals surface area contributed by atoms with Crippen molar-refractivity contribution in [2.45, 2.75) is 0 Å². The van der Waals surface area contributed by atoms with Crippen molar-refractivity contribution in [1.29, 1.82) is 0 Å².